The summed E-state index contributed by atoms with van der Waals surface area (Å²) in [4.78, 5) is 11.2. The Morgan fingerprint density at radius 1 is 1.64 bits per heavy atom. The first-order valence-corrected chi connectivity index (χ1v) is 3.99. The van der Waals surface area contributed by atoms with Crippen molar-refractivity contribution in [2.75, 3.05) is 7.11 Å². The van der Waals surface area contributed by atoms with Gasteiger partial charge in [0.15, 0.2) is 0 Å². The zero-order chi connectivity index (χ0) is 10.7. The topological polar surface area (TPSA) is 70.3 Å². The molecule has 0 aliphatic carbocycles. The van der Waals surface area contributed by atoms with Crippen LogP contribution in [-0.4, -0.2) is 18.2 Å². The van der Waals surface area contributed by atoms with Crippen molar-refractivity contribution in [2.45, 2.75) is 0 Å². The number of esters is 1. The number of aromatic hydroxyl groups is 1. The second-order valence-corrected chi connectivity index (χ2v) is 2.86. The zero-order valence-corrected chi connectivity index (χ0v) is 8.00. The third kappa shape index (κ3) is 1.78. The summed E-state index contributed by atoms with van der Waals surface area (Å²) in [6.45, 7) is 0. The minimum atomic E-state index is -0.709. The van der Waals surface area contributed by atoms with E-state index in [-0.39, 0.29) is 21.9 Å². The van der Waals surface area contributed by atoms with Gasteiger partial charge >= 0.3 is 5.97 Å². The summed E-state index contributed by atoms with van der Waals surface area (Å²) < 4.78 is 4.43. The number of nitrogens with zero attached hydrogens (tertiary/aromatic N) is 1. The van der Waals surface area contributed by atoms with Gasteiger partial charge in [0.2, 0.25) is 0 Å². The van der Waals surface area contributed by atoms with Crippen molar-refractivity contribution < 1.29 is 14.6 Å². The molecule has 4 nitrogen and oxygen atoms in total. The molecule has 0 aromatic heterocycles. The number of rotatable bonds is 1. The van der Waals surface area contributed by atoms with Crippen molar-refractivity contribution in [1.82, 2.24) is 0 Å². The number of hydrogen-bond acceptors (Lipinski definition) is 4. The molecule has 0 aliphatic heterocycles. The third-order valence-corrected chi connectivity index (χ3v) is 1.89. The highest BCUT2D eigenvalue weighted by molar-refractivity contribution is 6.32. The van der Waals surface area contributed by atoms with E-state index in [0.717, 1.165) is 6.07 Å². The molecule has 0 atom stereocenters. The van der Waals surface area contributed by atoms with E-state index in [1.165, 1.54) is 13.2 Å². The number of nitriles is 1. The summed E-state index contributed by atoms with van der Waals surface area (Å²) in [5.41, 5.74) is -0.0451. The highest BCUT2D eigenvalue weighted by Crippen LogP contribution is 2.25. The van der Waals surface area contributed by atoms with E-state index >= 15 is 0 Å². The number of carbonyl (C=O) groups is 1. The third-order valence-electron chi connectivity index (χ3n) is 1.59. The Bertz CT molecular complexity index is 423. The van der Waals surface area contributed by atoms with Gasteiger partial charge in [-0.2, -0.15) is 5.26 Å². The largest absolute Gasteiger partial charge is 0.508 e. The van der Waals surface area contributed by atoms with Crippen LogP contribution in [0, 0.1) is 11.3 Å². The van der Waals surface area contributed by atoms with Crippen LogP contribution in [0.4, 0.5) is 0 Å². The number of benzene rings is 1. The molecule has 1 aromatic rings. The second kappa shape index (κ2) is 3.99. The van der Waals surface area contributed by atoms with Gasteiger partial charge in [-0.05, 0) is 12.1 Å². The maximum absolute atomic E-state index is 11.2. The second-order valence-electron chi connectivity index (χ2n) is 2.45. The molecule has 0 aliphatic rings. The fourth-order valence-electron chi connectivity index (χ4n) is 0.977. The number of phenols is 1. The molecule has 0 spiro atoms. The predicted octanol–water partition coefficient (Wildman–Crippen LogP) is 1.70. The van der Waals surface area contributed by atoms with E-state index in [2.05, 4.69) is 4.74 Å². The van der Waals surface area contributed by atoms with Crippen LogP contribution >= 0.6 is 11.6 Å². The average Bonchev–Trinajstić information content (AvgIpc) is 2.15. The van der Waals surface area contributed by atoms with Gasteiger partial charge in [0, 0.05) is 0 Å². The number of halogens is 1. The molecule has 14 heavy (non-hydrogen) atoms. The fraction of sp³-hybridized carbons (Fsp3) is 0.111. The smallest absolute Gasteiger partial charge is 0.339 e. The molecule has 0 heterocycles. The molecule has 72 valence electrons. The standard InChI is InChI=1S/C9H6ClNO3/c1-14-9(13)6-2-5(12)3-8(10)7(6)4-11/h2-3,12H,1H3. The van der Waals surface area contributed by atoms with E-state index in [1.54, 1.807) is 6.07 Å². The van der Waals surface area contributed by atoms with Crippen LogP contribution in [0.5, 0.6) is 5.75 Å². The lowest BCUT2D eigenvalue weighted by atomic mass is 10.1. The first-order chi connectivity index (χ1) is 6.60. The highest BCUT2D eigenvalue weighted by Gasteiger charge is 2.16. The lowest BCUT2D eigenvalue weighted by Gasteiger charge is -2.04. The molecule has 1 rings (SSSR count). The number of methoxy groups -OCH3 is 1. The minimum absolute atomic E-state index is 0.00341. The molecule has 5 heteroatoms. The van der Waals surface area contributed by atoms with Gasteiger partial charge in [0.1, 0.15) is 11.8 Å². The molecule has 0 saturated heterocycles. The summed E-state index contributed by atoms with van der Waals surface area (Å²) in [5, 5.41) is 17.9. The van der Waals surface area contributed by atoms with Crippen LogP contribution in [-0.2, 0) is 4.74 Å². The Morgan fingerprint density at radius 3 is 2.79 bits per heavy atom. The van der Waals surface area contributed by atoms with E-state index < -0.39 is 5.97 Å². The normalized spacial score (nSPS) is 9.21. The van der Waals surface area contributed by atoms with E-state index in [9.17, 15) is 4.79 Å². The molecule has 0 saturated carbocycles. The van der Waals surface area contributed by atoms with Crippen LogP contribution < -0.4 is 0 Å². The highest BCUT2D eigenvalue weighted by atomic mass is 35.5. The Hall–Kier alpha value is -1.73. The van der Waals surface area contributed by atoms with Gasteiger partial charge in [-0.1, -0.05) is 11.6 Å². The molecule has 0 bridgehead atoms. The lowest BCUT2D eigenvalue weighted by Crippen LogP contribution is -2.04. The van der Waals surface area contributed by atoms with Crippen molar-refractivity contribution in [3.8, 4) is 11.8 Å². The summed E-state index contributed by atoms with van der Waals surface area (Å²) in [6.07, 6.45) is 0. The van der Waals surface area contributed by atoms with E-state index in [1.807, 2.05) is 0 Å². The van der Waals surface area contributed by atoms with Crippen LogP contribution in [0.3, 0.4) is 0 Å². The van der Waals surface area contributed by atoms with Crippen molar-refractivity contribution >= 4 is 17.6 Å². The van der Waals surface area contributed by atoms with Crippen LogP contribution in [0.25, 0.3) is 0 Å². The Morgan fingerprint density at radius 2 is 2.29 bits per heavy atom. The maximum Gasteiger partial charge on any atom is 0.339 e. The monoisotopic (exact) mass is 211 g/mol. The molecule has 0 amide bonds. The number of ether oxygens (including phenoxy) is 1. The average molecular weight is 212 g/mol. The summed E-state index contributed by atoms with van der Waals surface area (Å²) in [6, 6.07) is 4.08. The Balaban J connectivity index is 3.41. The molecular weight excluding hydrogens is 206 g/mol. The quantitative estimate of drug-likeness (QED) is 0.718. The zero-order valence-electron chi connectivity index (χ0n) is 7.24. The summed E-state index contributed by atoms with van der Waals surface area (Å²) >= 11 is 5.65. The summed E-state index contributed by atoms with van der Waals surface area (Å²) in [5.74, 6) is -0.895. The predicted molar refractivity (Wildman–Crippen MR) is 49.2 cm³/mol. The van der Waals surface area contributed by atoms with Gasteiger partial charge in [0.05, 0.1) is 23.3 Å². The van der Waals surface area contributed by atoms with E-state index in [4.69, 9.17) is 22.0 Å². The lowest BCUT2D eigenvalue weighted by molar-refractivity contribution is 0.0600. The van der Waals surface area contributed by atoms with E-state index in [0.29, 0.717) is 0 Å². The molecular formula is C9H6ClNO3. The van der Waals surface area contributed by atoms with Crippen molar-refractivity contribution in [3.63, 3.8) is 0 Å². The van der Waals surface area contributed by atoms with Crippen LogP contribution in [0.15, 0.2) is 12.1 Å². The number of carbonyl (C=O) groups excluding carboxylic acids is 1. The molecule has 0 unspecified atom stereocenters. The molecule has 0 fully saturated rings. The van der Waals surface area contributed by atoms with Gasteiger partial charge in [-0.3, -0.25) is 0 Å². The molecule has 1 aromatic carbocycles. The SMILES string of the molecule is COC(=O)c1cc(O)cc(Cl)c1C#N. The maximum atomic E-state index is 11.2. The van der Waals surface area contributed by atoms with Gasteiger partial charge in [-0.25, -0.2) is 4.79 Å². The van der Waals surface area contributed by atoms with Gasteiger partial charge < -0.3 is 9.84 Å². The van der Waals surface area contributed by atoms with Crippen molar-refractivity contribution in [1.29, 1.82) is 5.26 Å². The Labute approximate surface area is 85.3 Å². The molecule has 1 N–H and O–H groups in total. The first kappa shape index (κ1) is 10.4. The van der Waals surface area contributed by atoms with Crippen molar-refractivity contribution in [3.05, 3.63) is 28.3 Å². The fourth-order valence-corrected chi connectivity index (χ4v) is 1.23. The van der Waals surface area contributed by atoms with Crippen molar-refractivity contribution in [2.24, 2.45) is 0 Å². The van der Waals surface area contributed by atoms with Crippen LogP contribution in [0.2, 0.25) is 5.02 Å². The number of phenolic OH excluding ortho intramolecular Hbond substituents is 1. The number of hydrogen-bond donors (Lipinski definition) is 1. The van der Waals surface area contributed by atoms with Gasteiger partial charge in [-0.15, -0.1) is 0 Å². The minimum Gasteiger partial charge on any atom is -0.508 e. The van der Waals surface area contributed by atoms with Crippen LogP contribution in [0.1, 0.15) is 15.9 Å². The van der Waals surface area contributed by atoms with Gasteiger partial charge in [0.25, 0.3) is 0 Å². The Kier molecular flexibility index (Phi) is 2.95. The summed E-state index contributed by atoms with van der Waals surface area (Å²) in [7, 11) is 1.18. The molecule has 0 radical (unpaired) electrons. The first-order valence-electron chi connectivity index (χ1n) is 3.61.